The Balaban J connectivity index is 1.45. The first-order valence-electron chi connectivity index (χ1n) is 13.0. The normalized spacial score (nSPS) is 49.4. The molecule has 4 saturated carbocycles. The van der Waals surface area contributed by atoms with Gasteiger partial charge in [0.25, 0.3) is 0 Å². The Labute approximate surface area is 176 Å². The van der Waals surface area contributed by atoms with Crippen molar-refractivity contribution in [2.24, 2.45) is 58.0 Å². The van der Waals surface area contributed by atoms with Crippen LogP contribution in [-0.2, 0) is 0 Å². The van der Waals surface area contributed by atoms with Crippen LogP contribution in [0, 0.1) is 52.3 Å². The van der Waals surface area contributed by atoms with Crippen LogP contribution in [0.2, 0.25) is 0 Å². The smallest absolute Gasteiger partial charge is 0.00418 e. The van der Waals surface area contributed by atoms with E-state index in [1.54, 1.807) is 0 Å². The third-order valence-electron chi connectivity index (χ3n) is 11.0. The maximum atomic E-state index is 6.38. The Morgan fingerprint density at radius 3 is 2.29 bits per heavy atom. The van der Waals surface area contributed by atoms with Crippen molar-refractivity contribution in [3.63, 3.8) is 0 Å². The molecule has 0 spiro atoms. The molecule has 1 nitrogen and oxygen atoms in total. The molecule has 0 saturated heterocycles. The Kier molecular flexibility index (Phi) is 5.98. The number of hydrogen-bond donors (Lipinski definition) is 1. The Hall–Kier alpha value is -0.0400. The van der Waals surface area contributed by atoms with E-state index in [0.717, 1.165) is 41.4 Å². The molecular formula is C27H49N. The topological polar surface area (TPSA) is 26.0 Å². The first kappa shape index (κ1) is 21.2. The van der Waals surface area contributed by atoms with Gasteiger partial charge in [0, 0.05) is 6.04 Å². The average molecular weight is 388 g/mol. The van der Waals surface area contributed by atoms with E-state index < -0.39 is 0 Å². The van der Waals surface area contributed by atoms with Gasteiger partial charge in [-0.05, 0) is 110 Å². The molecule has 0 heterocycles. The molecule has 0 aromatic heterocycles. The van der Waals surface area contributed by atoms with Crippen LogP contribution in [0.25, 0.3) is 0 Å². The van der Waals surface area contributed by atoms with Crippen molar-refractivity contribution < 1.29 is 0 Å². The van der Waals surface area contributed by atoms with Crippen LogP contribution in [0.5, 0.6) is 0 Å². The van der Waals surface area contributed by atoms with Crippen molar-refractivity contribution in [2.75, 3.05) is 0 Å². The quantitative estimate of drug-likeness (QED) is 0.521. The molecule has 4 aliphatic rings. The molecule has 4 fully saturated rings. The summed E-state index contributed by atoms with van der Waals surface area (Å²) >= 11 is 0. The standard InChI is InChI=1S/C27H49N/c1-18(2)7-6-8-19(3)26(4)16-14-23-22-10-9-20-17-21(28)13-15-27(20,5)25(22)12-11-24(23)26/h18-25H,6-17,28H2,1-5H3/t19-,20-,21+,22-,23-,24?,25-,26+,27-/m0/s1. The van der Waals surface area contributed by atoms with Gasteiger partial charge in [-0.1, -0.05) is 53.9 Å². The van der Waals surface area contributed by atoms with Gasteiger partial charge in [-0.3, -0.25) is 0 Å². The number of nitrogens with two attached hydrogens (primary N) is 1. The monoisotopic (exact) mass is 387 g/mol. The minimum Gasteiger partial charge on any atom is -0.328 e. The lowest BCUT2D eigenvalue weighted by Crippen LogP contribution is -2.53. The molecule has 0 aliphatic heterocycles. The van der Waals surface area contributed by atoms with E-state index in [4.69, 9.17) is 5.73 Å². The third kappa shape index (κ3) is 3.50. The number of hydrogen-bond acceptors (Lipinski definition) is 1. The van der Waals surface area contributed by atoms with Gasteiger partial charge in [-0.25, -0.2) is 0 Å². The van der Waals surface area contributed by atoms with Crippen LogP contribution in [0.15, 0.2) is 0 Å². The van der Waals surface area contributed by atoms with Crippen molar-refractivity contribution in [3.05, 3.63) is 0 Å². The zero-order chi connectivity index (χ0) is 20.1. The second-order valence-corrected chi connectivity index (χ2v) is 12.7. The summed E-state index contributed by atoms with van der Waals surface area (Å²) in [7, 11) is 0. The summed E-state index contributed by atoms with van der Waals surface area (Å²) in [6.07, 6.45) is 17.5. The van der Waals surface area contributed by atoms with E-state index in [9.17, 15) is 0 Å². The third-order valence-corrected chi connectivity index (χ3v) is 11.0. The zero-order valence-corrected chi connectivity index (χ0v) is 19.7. The predicted molar refractivity (Wildman–Crippen MR) is 121 cm³/mol. The summed E-state index contributed by atoms with van der Waals surface area (Å²) in [4.78, 5) is 0. The predicted octanol–water partition coefficient (Wildman–Crippen LogP) is 7.44. The van der Waals surface area contributed by atoms with E-state index in [2.05, 4.69) is 34.6 Å². The molecule has 0 radical (unpaired) electrons. The summed E-state index contributed by atoms with van der Waals surface area (Å²) in [6.45, 7) is 12.8. The molecule has 4 aliphatic carbocycles. The van der Waals surface area contributed by atoms with Gasteiger partial charge in [-0.15, -0.1) is 0 Å². The molecule has 9 atom stereocenters. The molecule has 4 rings (SSSR count). The first-order valence-corrected chi connectivity index (χ1v) is 13.0. The van der Waals surface area contributed by atoms with Gasteiger partial charge in [-0.2, -0.15) is 0 Å². The second kappa shape index (κ2) is 7.90. The van der Waals surface area contributed by atoms with E-state index in [1.165, 1.54) is 77.0 Å². The van der Waals surface area contributed by atoms with Crippen LogP contribution in [0.3, 0.4) is 0 Å². The molecule has 1 unspecified atom stereocenters. The summed E-state index contributed by atoms with van der Waals surface area (Å²) < 4.78 is 0. The van der Waals surface area contributed by atoms with Crippen molar-refractivity contribution in [3.8, 4) is 0 Å². The fraction of sp³-hybridized carbons (Fsp3) is 1.00. The van der Waals surface area contributed by atoms with E-state index >= 15 is 0 Å². The lowest BCUT2D eigenvalue weighted by molar-refractivity contribution is -0.0993. The van der Waals surface area contributed by atoms with Gasteiger partial charge in [0.2, 0.25) is 0 Å². The number of fused-ring (bicyclic) bond motifs is 5. The van der Waals surface area contributed by atoms with Crippen LogP contribution in [-0.4, -0.2) is 6.04 Å². The molecule has 162 valence electrons. The summed E-state index contributed by atoms with van der Waals surface area (Å²) in [5, 5.41) is 0. The first-order chi connectivity index (χ1) is 13.3. The van der Waals surface area contributed by atoms with Gasteiger partial charge in [0.05, 0.1) is 0 Å². The molecule has 1 heteroatoms. The Morgan fingerprint density at radius 2 is 1.54 bits per heavy atom. The molecule has 2 N–H and O–H groups in total. The van der Waals surface area contributed by atoms with Gasteiger partial charge < -0.3 is 5.73 Å². The largest absolute Gasteiger partial charge is 0.328 e. The fourth-order valence-corrected chi connectivity index (χ4v) is 9.07. The summed E-state index contributed by atoms with van der Waals surface area (Å²) in [6, 6.07) is 0.493. The minimum absolute atomic E-state index is 0.493. The number of rotatable bonds is 5. The Bertz CT molecular complexity index is 540. The molecule has 0 bridgehead atoms. The molecule has 0 aromatic rings. The summed E-state index contributed by atoms with van der Waals surface area (Å²) in [5.74, 6) is 6.83. The lowest BCUT2D eigenvalue weighted by Gasteiger charge is -2.59. The molecule has 0 amide bonds. The maximum Gasteiger partial charge on any atom is 0.00418 e. The van der Waals surface area contributed by atoms with Crippen molar-refractivity contribution >= 4 is 0 Å². The van der Waals surface area contributed by atoms with Crippen LogP contribution < -0.4 is 5.73 Å². The highest BCUT2D eigenvalue weighted by molar-refractivity contribution is 5.08. The van der Waals surface area contributed by atoms with Crippen LogP contribution in [0.1, 0.15) is 112 Å². The lowest BCUT2D eigenvalue weighted by atomic mass is 9.46. The molecule has 0 aromatic carbocycles. The van der Waals surface area contributed by atoms with Crippen molar-refractivity contribution in [1.29, 1.82) is 0 Å². The van der Waals surface area contributed by atoms with Crippen LogP contribution in [0.4, 0.5) is 0 Å². The highest BCUT2D eigenvalue weighted by Crippen LogP contribution is 2.67. The van der Waals surface area contributed by atoms with E-state index in [1.807, 2.05) is 0 Å². The average Bonchev–Trinajstić information content (AvgIpc) is 3.00. The second-order valence-electron chi connectivity index (χ2n) is 12.7. The SMILES string of the molecule is CC(C)CCC[C@H](C)[C@@]1(C)CC[C@@H]2C1CC[C@H]1[C@H]2CC[C@H]2C[C@H](N)CC[C@@]21C. The van der Waals surface area contributed by atoms with Gasteiger partial charge in [0.1, 0.15) is 0 Å². The maximum absolute atomic E-state index is 6.38. The van der Waals surface area contributed by atoms with Crippen LogP contribution >= 0.6 is 0 Å². The highest BCUT2D eigenvalue weighted by Gasteiger charge is 2.59. The fourth-order valence-electron chi connectivity index (χ4n) is 9.07. The van der Waals surface area contributed by atoms with Crippen molar-refractivity contribution in [2.45, 2.75) is 118 Å². The van der Waals surface area contributed by atoms with Crippen molar-refractivity contribution in [1.82, 2.24) is 0 Å². The highest BCUT2D eigenvalue weighted by atomic mass is 14.7. The van der Waals surface area contributed by atoms with Gasteiger partial charge >= 0.3 is 0 Å². The minimum atomic E-state index is 0.493. The Morgan fingerprint density at radius 1 is 0.821 bits per heavy atom. The summed E-state index contributed by atoms with van der Waals surface area (Å²) in [5.41, 5.74) is 7.62. The molecular weight excluding hydrogens is 338 g/mol. The van der Waals surface area contributed by atoms with Gasteiger partial charge in [0.15, 0.2) is 0 Å². The van der Waals surface area contributed by atoms with E-state index in [0.29, 0.717) is 16.9 Å². The van der Waals surface area contributed by atoms with E-state index in [-0.39, 0.29) is 0 Å². The molecule has 28 heavy (non-hydrogen) atoms. The zero-order valence-electron chi connectivity index (χ0n) is 19.7.